The lowest BCUT2D eigenvalue weighted by molar-refractivity contribution is -0.402. The van der Waals surface area contributed by atoms with Gasteiger partial charge < -0.3 is 9.47 Å². The van der Waals surface area contributed by atoms with Crippen molar-refractivity contribution < 1.29 is 124 Å². The van der Waals surface area contributed by atoms with Crippen LogP contribution in [0.1, 0.15) is 73.6 Å². The fourth-order valence-electron chi connectivity index (χ4n) is 5.68. The number of halogens is 26. The Morgan fingerprint density at radius 3 is 0.899 bits per heavy atom. The molecule has 0 radical (unpaired) electrons. The second kappa shape index (κ2) is 27.4. The molecule has 444 valence electrons. The van der Waals surface area contributed by atoms with Crippen molar-refractivity contribution in [3.8, 4) is 11.5 Å². The Morgan fingerprint density at radius 1 is 0.316 bits per heavy atom. The minimum atomic E-state index is -6.87. The molecule has 0 saturated carbocycles. The molecule has 0 bridgehead atoms. The molecule has 0 N–H and O–H groups in total. The highest BCUT2D eigenvalue weighted by Gasteiger charge is 2.82. The molecule has 0 aromatic heterocycles. The quantitative estimate of drug-likeness (QED) is 0.0815. The lowest BCUT2D eigenvalue weighted by atomic mass is 9.96. The second-order valence-electron chi connectivity index (χ2n) is 16.1. The topological polar surface area (TPSA) is 18.5 Å². The maximum Gasteiger partial charge on any atom is 0.474 e. The van der Waals surface area contributed by atoms with E-state index in [2.05, 4.69) is 23.8 Å². The van der Waals surface area contributed by atoms with Gasteiger partial charge in [-0.2, -0.15) is 101 Å². The van der Waals surface area contributed by atoms with Gasteiger partial charge >= 0.3 is 60.2 Å². The lowest BCUT2D eigenvalue weighted by Crippen LogP contribution is -2.59. The number of hydrogen-bond donors (Lipinski definition) is 0. The van der Waals surface area contributed by atoms with E-state index in [0.717, 1.165) is 54.6 Å². The van der Waals surface area contributed by atoms with Gasteiger partial charge in [0, 0.05) is 17.2 Å². The number of alkyl halides is 23. The Kier molecular flexibility index (Phi) is 24.6. The minimum Gasteiger partial charge on any atom is -0.497 e. The molecule has 5 aromatic rings. The molecule has 0 aliphatic rings. The molecule has 5 rings (SSSR count). The summed E-state index contributed by atoms with van der Waals surface area (Å²) in [5, 5.41) is 0. The van der Waals surface area contributed by atoms with Crippen molar-refractivity contribution in [1.82, 2.24) is 0 Å². The molecular weight excluding hydrogens is 1140 g/mol. The van der Waals surface area contributed by atoms with Crippen LogP contribution in [0.2, 0.25) is 0 Å². The zero-order chi connectivity index (χ0) is 61.6. The summed E-state index contributed by atoms with van der Waals surface area (Å²) in [4.78, 5) is 0. The molecule has 2 nitrogen and oxygen atoms in total. The molecule has 0 aliphatic carbocycles. The highest BCUT2D eigenvalue weighted by Crippen LogP contribution is 2.57. The first-order valence-electron chi connectivity index (χ1n) is 22.4. The predicted molar refractivity (Wildman–Crippen MR) is 237 cm³/mol. The molecular formula is C51H46F26O2. The fourth-order valence-corrected chi connectivity index (χ4v) is 5.68. The first-order chi connectivity index (χ1) is 35.8. The number of rotatable bonds is 14. The molecule has 0 fully saturated rings. The Morgan fingerprint density at radius 2 is 0.608 bits per heavy atom. The Bertz CT molecular complexity index is 2580. The van der Waals surface area contributed by atoms with Crippen LogP contribution in [0.5, 0.6) is 11.5 Å². The first-order valence-corrected chi connectivity index (χ1v) is 22.4. The summed E-state index contributed by atoms with van der Waals surface area (Å²) in [7, 11) is 1.68. The van der Waals surface area contributed by atoms with E-state index in [0.29, 0.717) is 72.7 Å². The van der Waals surface area contributed by atoms with Gasteiger partial charge in [-0.05, 0) is 90.3 Å². The third-order valence-corrected chi connectivity index (χ3v) is 10.7. The van der Waals surface area contributed by atoms with Gasteiger partial charge in [-0.3, -0.25) is 0 Å². The van der Waals surface area contributed by atoms with Crippen molar-refractivity contribution in [2.75, 3.05) is 7.11 Å². The Hall–Kier alpha value is -6.12. The third-order valence-electron chi connectivity index (χ3n) is 10.7. The van der Waals surface area contributed by atoms with Crippen molar-refractivity contribution in [3.05, 3.63) is 166 Å². The summed E-state index contributed by atoms with van der Waals surface area (Å²) in [5.74, 6) is -39.5. The highest BCUT2D eigenvalue weighted by atomic mass is 19.4. The van der Waals surface area contributed by atoms with Crippen LogP contribution >= 0.6 is 0 Å². The van der Waals surface area contributed by atoms with Gasteiger partial charge in [0.15, 0.2) is 11.6 Å². The SMILES string of the molecule is CCc1cc(F)c(F)cc1F.CCc1ccc(C(F)(F)C(F)(F)C(F)(F)C(F)(F)F)cc1.CCc1ccc(C(F)(F)C(F)(F)C(F)(F)F)cc1.CCc1ccc(OC(F)(F)C(F)(F)C(F)(F)F)cc1.CCc1ccc(OC)cc1. The van der Waals surface area contributed by atoms with Crippen molar-refractivity contribution in [3.63, 3.8) is 0 Å². The smallest absolute Gasteiger partial charge is 0.474 e. The van der Waals surface area contributed by atoms with Crippen molar-refractivity contribution in [2.45, 2.75) is 127 Å². The highest BCUT2D eigenvalue weighted by molar-refractivity contribution is 5.31. The van der Waals surface area contributed by atoms with Crippen LogP contribution in [-0.2, 0) is 43.9 Å². The normalized spacial score (nSPS) is 12.8. The molecule has 0 unspecified atom stereocenters. The second-order valence-corrected chi connectivity index (χ2v) is 16.1. The maximum absolute atomic E-state index is 13.5. The molecule has 28 heteroatoms. The predicted octanol–water partition coefficient (Wildman–Crippen LogP) is 19.1. The van der Waals surface area contributed by atoms with Crippen LogP contribution in [0.3, 0.4) is 0 Å². The molecule has 5 aromatic carbocycles. The average Bonchev–Trinajstić information content (AvgIpc) is 3.37. The minimum absolute atomic E-state index is 0.198. The van der Waals surface area contributed by atoms with E-state index < -0.39 is 94.5 Å². The zero-order valence-electron chi connectivity index (χ0n) is 41.6. The summed E-state index contributed by atoms with van der Waals surface area (Å²) >= 11 is 0. The van der Waals surface area contributed by atoms with Crippen LogP contribution in [0.4, 0.5) is 114 Å². The molecule has 0 spiro atoms. The number of benzene rings is 5. The molecule has 0 aliphatic heterocycles. The van der Waals surface area contributed by atoms with Gasteiger partial charge in [0.2, 0.25) is 0 Å². The van der Waals surface area contributed by atoms with E-state index in [1.165, 1.54) is 17.7 Å². The van der Waals surface area contributed by atoms with Gasteiger partial charge in [0.25, 0.3) is 0 Å². The summed E-state index contributed by atoms with van der Waals surface area (Å²) in [6.07, 6.45) is -22.4. The maximum atomic E-state index is 13.5. The van der Waals surface area contributed by atoms with Crippen LogP contribution < -0.4 is 9.47 Å². The Labute approximate surface area is 434 Å². The fraction of sp³-hybridized carbons (Fsp3) is 0.412. The van der Waals surface area contributed by atoms with Crippen LogP contribution in [0, 0.1) is 17.5 Å². The van der Waals surface area contributed by atoms with E-state index in [-0.39, 0.29) is 5.56 Å². The molecule has 79 heavy (non-hydrogen) atoms. The third kappa shape index (κ3) is 17.4. The molecule has 0 atom stereocenters. The summed E-state index contributed by atoms with van der Waals surface area (Å²) in [6.45, 7) is 8.87. The summed E-state index contributed by atoms with van der Waals surface area (Å²) < 4.78 is 334. The first kappa shape index (κ1) is 70.9. The summed E-state index contributed by atoms with van der Waals surface area (Å²) in [6, 6.07) is 20.0. The molecule has 0 heterocycles. The van der Waals surface area contributed by atoms with E-state index >= 15 is 0 Å². The lowest BCUT2D eigenvalue weighted by Gasteiger charge is -2.33. The van der Waals surface area contributed by atoms with E-state index in [1.807, 2.05) is 12.1 Å². The number of ether oxygens (including phenoxy) is 2. The largest absolute Gasteiger partial charge is 0.497 e. The van der Waals surface area contributed by atoms with Crippen molar-refractivity contribution >= 4 is 0 Å². The van der Waals surface area contributed by atoms with E-state index in [1.54, 1.807) is 34.8 Å². The van der Waals surface area contributed by atoms with Crippen molar-refractivity contribution in [1.29, 1.82) is 0 Å². The van der Waals surface area contributed by atoms with Gasteiger partial charge in [-0.25, -0.2) is 13.2 Å². The number of hydrogen-bond acceptors (Lipinski definition) is 2. The summed E-state index contributed by atoms with van der Waals surface area (Å²) in [5.41, 5.74) is 0.254. The van der Waals surface area contributed by atoms with Gasteiger partial charge in [-0.15, -0.1) is 0 Å². The van der Waals surface area contributed by atoms with Gasteiger partial charge in [0.05, 0.1) is 7.11 Å². The van der Waals surface area contributed by atoms with E-state index in [9.17, 15) is 114 Å². The zero-order valence-corrected chi connectivity index (χ0v) is 41.6. The number of methoxy groups -OCH3 is 1. The van der Waals surface area contributed by atoms with Crippen molar-refractivity contribution in [2.24, 2.45) is 0 Å². The Balaban J connectivity index is 0.000000506. The monoisotopic (exact) mass is 1180 g/mol. The van der Waals surface area contributed by atoms with Gasteiger partial charge in [0.1, 0.15) is 17.3 Å². The van der Waals surface area contributed by atoms with Gasteiger partial charge in [-0.1, -0.05) is 107 Å². The average molecular weight is 1180 g/mol. The number of aryl methyl sites for hydroxylation is 5. The molecule has 0 saturated heterocycles. The van der Waals surface area contributed by atoms with Crippen LogP contribution in [0.15, 0.2) is 109 Å². The molecule has 0 amide bonds. The van der Waals surface area contributed by atoms with Crippen LogP contribution in [-0.4, -0.2) is 55.4 Å². The standard InChI is InChI=1S/C12H9F9.C11H9F7O.C11H9F7.C9H12O.C8H7F3/c1-2-7-3-5-8(6-4-7)9(13,14)10(15,16)11(17,18)12(19,20)21;1-2-7-3-5-8(6-4-7)19-11(17,18)9(12,13)10(14,15)16;1-2-7-3-5-8(6-4-7)9(12,13)10(14,15)11(16,17)18;1-3-8-4-6-9(10-2)7-5-8;1-2-5-3-7(10)8(11)4-6(5)9/h3-6H,2H2,1H3;3-6H,2H2,1H3;3-6H,2H2,1H3;4-7H,3H2,1-2H3;3-4H,2H2,1H3. The van der Waals surface area contributed by atoms with Crippen LogP contribution in [0.25, 0.3) is 0 Å². The van der Waals surface area contributed by atoms with E-state index in [4.69, 9.17) is 4.74 Å².